The molecule has 3 rings (SSSR count). The van der Waals surface area contributed by atoms with E-state index in [1.807, 2.05) is 0 Å². The first-order valence-corrected chi connectivity index (χ1v) is 8.27. The Bertz CT molecular complexity index is 1130. The predicted octanol–water partition coefficient (Wildman–Crippen LogP) is 5.91. The van der Waals surface area contributed by atoms with Crippen LogP contribution in [0.1, 0.15) is 11.1 Å². The molecule has 0 fully saturated rings. The number of pyridine rings is 1. The third-order valence-electron chi connectivity index (χ3n) is 3.87. The molecular weight excluding hydrogens is 400 g/mol. The summed E-state index contributed by atoms with van der Waals surface area (Å²) in [6.07, 6.45) is -4.52. The second kappa shape index (κ2) is 7.10. The quantitative estimate of drug-likeness (QED) is 0.573. The molecule has 0 saturated heterocycles. The number of H-pyrrole nitrogens is 1. The maximum Gasteiger partial charge on any atom is 0.416 e. The van der Waals surface area contributed by atoms with Gasteiger partial charge < -0.3 is 4.98 Å². The van der Waals surface area contributed by atoms with E-state index in [9.17, 15) is 23.2 Å². The molecule has 0 aliphatic rings. The summed E-state index contributed by atoms with van der Waals surface area (Å²) in [6.45, 7) is 0. The molecule has 0 aliphatic carbocycles. The molecule has 0 atom stereocenters. The molecule has 1 N–H and O–H groups in total. The molecule has 3 aromatic rings. The number of rotatable bonds is 2. The van der Waals surface area contributed by atoms with Crippen molar-refractivity contribution in [2.24, 2.45) is 0 Å². The summed E-state index contributed by atoms with van der Waals surface area (Å²) >= 11 is 12.0. The monoisotopic (exact) mass is 408 g/mol. The van der Waals surface area contributed by atoms with Crippen LogP contribution in [0.5, 0.6) is 0 Å². The Morgan fingerprint density at radius 1 is 1.00 bits per heavy atom. The van der Waals surface area contributed by atoms with E-state index >= 15 is 0 Å². The summed E-state index contributed by atoms with van der Waals surface area (Å²) in [7, 11) is 0. The van der Waals surface area contributed by atoms with Gasteiger partial charge in [0, 0.05) is 26.9 Å². The molecule has 0 amide bonds. The van der Waals surface area contributed by atoms with Crippen molar-refractivity contribution in [3.8, 4) is 28.5 Å². The van der Waals surface area contributed by atoms with Crippen molar-refractivity contribution in [3.63, 3.8) is 0 Å². The van der Waals surface area contributed by atoms with Crippen LogP contribution < -0.4 is 5.56 Å². The lowest BCUT2D eigenvalue weighted by Crippen LogP contribution is -2.13. The highest BCUT2D eigenvalue weighted by molar-refractivity contribution is 6.36. The van der Waals surface area contributed by atoms with Crippen molar-refractivity contribution in [1.29, 1.82) is 5.26 Å². The molecule has 3 nitrogen and oxygen atoms in total. The van der Waals surface area contributed by atoms with Gasteiger partial charge in [0.1, 0.15) is 11.6 Å². The minimum Gasteiger partial charge on any atom is -0.321 e. The van der Waals surface area contributed by atoms with E-state index in [-0.39, 0.29) is 27.4 Å². The van der Waals surface area contributed by atoms with E-state index in [1.54, 1.807) is 6.07 Å². The van der Waals surface area contributed by atoms with Crippen LogP contribution in [-0.4, -0.2) is 4.98 Å². The number of nitrogens with zero attached hydrogens (tertiary/aromatic N) is 1. The second-order valence-corrected chi connectivity index (χ2v) is 6.46. The Labute approximate surface area is 161 Å². The Hall–Kier alpha value is -2.75. The number of halogens is 5. The molecule has 1 heterocycles. The molecule has 0 radical (unpaired) electrons. The van der Waals surface area contributed by atoms with Crippen LogP contribution in [0.4, 0.5) is 13.2 Å². The Morgan fingerprint density at radius 3 is 2.37 bits per heavy atom. The van der Waals surface area contributed by atoms with Gasteiger partial charge in [-0.25, -0.2) is 0 Å². The van der Waals surface area contributed by atoms with E-state index in [0.29, 0.717) is 10.6 Å². The highest BCUT2D eigenvalue weighted by atomic mass is 35.5. The summed E-state index contributed by atoms with van der Waals surface area (Å²) in [5.41, 5.74) is -0.921. The van der Waals surface area contributed by atoms with Crippen LogP contribution >= 0.6 is 23.2 Å². The second-order valence-electron chi connectivity index (χ2n) is 5.62. The van der Waals surface area contributed by atoms with E-state index in [2.05, 4.69) is 4.98 Å². The fourth-order valence-electron chi connectivity index (χ4n) is 2.61. The smallest absolute Gasteiger partial charge is 0.321 e. The third-order valence-corrected chi connectivity index (χ3v) is 4.42. The fourth-order valence-corrected chi connectivity index (χ4v) is 3.12. The highest BCUT2D eigenvalue weighted by Crippen LogP contribution is 2.35. The van der Waals surface area contributed by atoms with Crippen molar-refractivity contribution in [3.05, 3.63) is 80.1 Å². The molecule has 0 bridgehead atoms. The molecular formula is C19H9Cl2F3N2O. The molecule has 136 valence electrons. The average molecular weight is 409 g/mol. The van der Waals surface area contributed by atoms with Crippen molar-refractivity contribution in [2.75, 3.05) is 0 Å². The number of nitriles is 1. The van der Waals surface area contributed by atoms with Crippen molar-refractivity contribution in [1.82, 2.24) is 4.98 Å². The molecule has 1 aromatic heterocycles. The molecule has 27 heavy (non-hydrogen) atoms. The van der Waals surface area contributed by atoms with Crippen molar-refractivity contribution < 1.29 is 13.2 Å². The van der Waals surface area contributed by atoms with Gasteiger partial charge in [-0.2, -0.15) is 18.4 Å². The zero-order chi connectivity index (χ0) is 19.8. The average Bonchev–Trinajstić information content (AvgIpc) is 2.60. The zero-order valence-corrected chi connectivity index (χ0v) is 14.9. The molecule has 0 aliphatic heterocycles. The van der Waals surface area contributed by atoms with Crippen LogP contribution in [0.15, 0.2) is 53.3 Å². The number of aromatic amines is 1. The van der Waals surface area contributed by atoms with Gasteiger partial charge in [0.2, 0.25) is 0 Å². The van der Waals surface area contributed by atoms with Crippen molar-refractivity contribution >= 4 is 23.2 Å². The first kappa shape index (κ1) is 19.0. The maximum absolute atomic E-state index is 13.0. The van der Waals surface area contributed by atoms with Crippen molar-refractivity contribution in [2.45, 2.75) is 6.18 Å². The fraction of sp³-hybridized carbons (Fsp3) is 0.0526. The van der Waals surface area contributed by atoms with Gasteiger partial charge in [-0.1, -0.05) is 41.4 Å². The summed E-state index contributed by atoms with van der Waals surface area (Å²) in [5.74, 6) is 0. The first-order chi connectivity index (χ1) is 12.7. The van der Waals surface area contributed by atoms with E-state index in [4.69, 9.17) is 23.2 Å². The van der Waals surface area contributed by atoms with Gasteiger partial charge in [0.05, 0.1) is 5.56 Å². The SMILES string of the molecule is N#Cc1c(-c2ccc(Cl)cc2Cl)cc(-c2cccc(C(F)(F)F)c2)[nH]c1=O. The largest absolute Gasteiger partial charge is 0.416 e. The Morgan fingerprint density at radius 2 is 1.74 bits per heavy atom. The van der Waals surface area contributed by atoms with Gasteiger partial charge in [-0.3, -0.25) is 4.79 Å². The molecule has 2 aromatic carbocycles. The first-order valence-electron chi connectivity index (χ1n) is 7.51. The number of alkyl halides is 3. The Balaban J connectivity index is 2.25. The summed E-state index contributed by atoms with van der Waals surface area (Å²) in [5, 5.41) is 9.90. The lowest BCUT2D eigenvalue weighted by molar-refractivity contribution is -0.137. The minimum absolute atomic E-state index is 0.131. The summed E-state index contributed by atoms with van der Waals surface area (Å²) in [4.78, 5) is 14.8. The maximum atomic E-state index is 13.0. The molecule has 0 unspecified atom stereocenters. The van der Waals surface area contributed by atoms with Gasteiger partial charge in [0.25, 0.3) is 5.56 Å². The van der Waals surface area contributed by atoms with Crippen LogP contribution in [0, 0.1) is 11.3 Å². The van der Waals surface area contributed by atoms with Crippen LogP contribution in [0.3, 0.4) is 0 Å². The number of benzene rings is 2. The summed E-state index contributed by atoms with van der Waals surface area (Å²) < 4.78 is 38.9. The minimum atomic E-state index is -4.52. The van der Waals surface area contributed by atoms with E-state index in [1.165, 1.54) is 36.4 Å². The predicted molar refractivity (Wildman–Crippen MR) is 97.7 cm³/mol. The van der Waals surface area contributed by atoms with Gasteiger partial charge in [0.15, 0.2) is 0 Å². The summed E-state index contributed by atoms with van der Waals surface area (Å²) in [6, 6.07) is 12.3. The third kappa shape index (κ3) is 3.85. The molecule has 0 saturated carbocycles. The zero-order valence-electron chi connectivity index (χ0n) is 13.4. The van der Waals surface area contributed by atoms with Crippen LogP contribution in [-0.2, 0) is 6.18 Å². The Kier molecular flexibility index (Phi) is 5.01. The van der Waals surface area contributed by atoms with Crippen LogP contribution in [0.2, 0.25) is 10.0 Å². The lowest BCUT2D eigenvalue weighted by atomic mass is 9.98. The van der Waals surface area contributed by atoms with E-state index in [0.717, 1.165) is 12.1 Å². The van der Waals surface area contributed by atoms with Gasteiger partial charge in [-0.15, -0.1) is 0 Å². The standard InChI is InChI=1S/C19H9Cl2F3N2O/c20-12-4-5-13(16(21)7-12)14-8-17(26-18(27)15(14)9-25)10-2-1-3-11(6-10)19(22,23)24/h1-8H,(H,26,27). The topological polar surface area (TPSA) is 56.6 Å². The highest BCUT2D eigenvalue weighted by Gasteiger charge is 2.30. The lowest BCUT2D eigenvalue weighted by Gasteiger charge is -2.12. The number of hydrogen-bond donors (Lipinski definition) is 1. The molecule has 0 spiro atoms. The normalized spacial score (nSPS) is 11.3. The van der Waals surface area contributed by atoms with Gasteiger partial charge >= 0.3 is 6.18 Å². The number of hydrogen-bond acceptors (Lipinski definition) is 2. The number of aromatic nitrogens is 1. The van der Waals surface area contributed by atoms with Gasteiger partial charge in [-0.05, 0) is 35.9 Å². The van der Waals surface area contributed by atoms with Crippen LogP contribution in [0.25, 0.3) is 22.4 Å². The molecule has 8 heteroatoms. The number of nitrogens with one attached hydrogen (secondary N) is 1. The van der Waals surface area contributed by atoms with E-state index < -0.39 is 17.3 Å².